The molecule has 0 saturated heterocycles. The van der Waals surface area contributed by atoms with Crippen LogP contribution in [0, 0.1) is 0 Å². The van der Waals surface area contributed by atoms with Crippen LogP contribution in [0.1, 0.15) is 61.8 Å². The first kappa shape index (κ1) is 32.3. The van der Waals surface area contributed by atoms with Crippen LogP contribution in [0.15, 0.2) is 37.5 Å². The topological polar surface area (TPSA) is 93.2 Å². The van der Waals surface area contributed by atoms with Crippen LogP contribution < -0.4 is 0 Å². The molecule has 0 aromatic rings. The zero-order valence-electron chi connectivity index (χ0n) is 20.3. The van der Waals surface area contributed by atoms with E-state index in [1.54, 1.807) is 32.9 Å². The van der Waals surface area contributed by atoms with Crippen LogP contribution in [0.5, 0.6) is 0 Å². The Morgan fingerprint density at radius 3 is 2.15 bits per heavy atom. The van der Waals surface area contributed by atoms with Gasteiger partial charge in [-0.05, 0) is 66.5 Å². The van der Waals surface area contributed by atoms with Gasteiger partial charge < -0.3 is 19.3 Å². The second kappa shape index (κ2) is 15.0. The molecule has 1 heterocycles. The predicted molar refractivity (Wildman–Crippen MR) is 131 cm³/mol. The van der Waals surface area contributed by atoms with E-state index in [2.05, 4.69) is 13.2 Å². The normalized spacial score (nSPS) is 13.4. The maximum atomic E-state index is 11.8. The van der Waals surface area contributed by atoms with Crippen molar-refractivity contribution in [2.24, 2.45) is 0 Å². The number of rotatable bonds is 6. The van der Waals surface area contributed by atoms with Gasteiger partial charge in [0.15, 0.2) is 11.6 Å². The van der Waals surface area contributed by atoms with Crippen molar-refractivity contribution < 1.29 is 28.7 Å². The largest absolute Gasteiger partial charge is 0.444 e. The number of ether oxygens (including phenoxy) is 2. The molecule has 0 radical (unpaired) electrons. The van der Waals surface area contributed by atoms with Gasteiger partial charge in [0.05, 0.1) is 13.1 Å². The minimum Gasteiger partial charge on any atom is -0.444 e. The molecule has 0 atom stereocenters. The first-order chi connectivity index (χ1) is 14.7. The van der Waals surface area contributed by atoms with Gasteiger partial charge in [0, 0.05) is 13.1 Å². The van der Waals surface area contributed by atoms with Crippen molar-refractivity contribution in [2.45, 2.75) is 73.0 Å². The maximum absolute atomic E-state index is 11.8. The summed E-state index contributed by atoms with van der Waals surface area (Å²) in [4.78, 5) is 48.7. The lowest BCUT2D eigenvalue weighted by Gasteiger charge is -2.26. The van der Waals surface area contributed by atoms with Crippen molar-refractivity contribution in [2.75, 3.05) is 26.2 Å². The Bertz CT molecular complexity index is 713. The van der Waals surface area contributed by atoms with E-state index in [9.17, 15) is 19.2 Å². The van der Waals surface area contributed by atoms with Crippen LogP contribution >= 0.6 is 0 Å². The van der Waals surface area contributed by atoms with Crippen molar-refractivity contribution in [3.63, 3.8) is 0 Å². The SMILES string of the molecule is C.C=CCCN(CC(=O)C=C)C(=O)OC(C)(C)C.CC(C)(C)OC(=O)N1CCC=CC(=O)C1. The minimum atomic E-state index is -0.569. The van der Waals surface area contributed by atoms with E-state index in [0.29, 0.717) is 25.9 Å². The van der Waals surface area contributed by atoms with E-state index in [1.807, 2.05) is 20.8 Å². The summed E-state index contributed by atoms with van der Waals surface area (Å²) in [6.45, 7) is 18.8. The van der Waals surface area contributed by atoms with Gasteiger partial charge in [0.1, 0.15) is 11.2 Å². The molecule has 1 aliphatic rings. The number of carbonyl (C=O) groups is 4. The van der Waals surface area contributed by atoms with Crippen LogP contribution in [0.25, 0.3) is 0 Å². The first-order valence-electron chi connectivity index (χ1n) is 10.6. The zero-order chi connectivity index (χ0) is 24.9. The molecule has 1 rings (SSSR count). The summed E-state index contributed by atoms with van der Waals surface area (Å²) in [6.07, 6.45) is 6.60. The molecule has 0 aliphatic carbocycles. The quantitative estimate of drug-likeness (QED) is 0.406. The minimum absolute atomic E-state index is 0. The monoisotopic (exact) mass is 466 g/mol. The van der Waals surface area contributed by atoms with Crippen LogP contribution in [0.2, 0.25) is 0 Å². The summed E-state index contributed by atoms with van der Waals surface area (Å²) in [6, 6.07) is 0. The number of amides is 2. The number of ketones is 2. The highest BCUT2D eigenvalue weighted by atomic mass is 16.6. The average molecular weight is 467 g/mol. The average Bonchev–Trinajstić information content (AvgIpc) is 2.87. The summed E-state index contributed by atoms with van der Waals surface area (Å²) >= 11 is 0. The Labute approximate surface area is 199 Å². The molecule has 0 unspecified atom stereocenters. The fraction of sp³-hybridized carbons (Fsp3) is 0.600. The van der Waals surface area contributed by atoms with E-state index in [4.69, 9.17) is 9.47 Å². The molecule has 188 valence electrons. The van der Waals surface area contributed by atoms with Crippen molar-refractivity contribution in [1.29, 1.82) is 0 Å². The van der Waals surface area contributed by atoms with Gasteiger partial charge in [-0.15, -0.1) is 6.58 Å². The molecule has 0 N–H and O–H groups in total. The second-order valence-corrected chi connectivity index (χ2v) is 9.21. The fourth-order valence-electron chi connectivity index (χ4n) is 2.31. The van der Waals surface area contributed by atoms with Crippen molar-refractivity contribution in [3.8, 4) is 0 Å². The molecular formula is C25H42N2O6. The highest BCUT2D eigenvalue weighted by Crippen LogP contribution is 2.12. The Balaban J connectivity index is 0. The molecule has 0 aromatic heterocycles. The van der Waals surface area contributed by atoms with Gasteiger partial charge in [-0.3, -0.25) is 9.59 Å². The third-order valence-corrected chi connectivity index (χ3v) is 3.70. The van der Waals surface area contributed by atoms with E-state index in [-0.39, 0.29) is 32.1 Å². The summed E-state index contributed by atoms with van der Waals surface area (Å²) in [5.41, 5.74) is -1.08. The molecule has 8 heteroatoms. The van der Waals surface area contributed by atoms with Gasteiger partial charge >= 0.3 is 12.2 Å². The fourth-order valence-corrected chi connectivity index (χ4v) is 2.31. The maximum Gasteiger partial charge on any atom is 0.410 e. The van der Waals surface area contributed by atoms with Crippen LogP contribution in [-0.2, 0) is 19.1 Å². The van der Waals surface area contributed by atoms with Crippen LogP contribution in [0.3, 0.4) is 0 Å². The molecule has 0 bridgehead atoms. The molecule has 0 spiro atoms. The lowest BCUT2D eigenvalue weighted by Crippen LogP contribution is -2.40. The highest BCUT2D eigenvalue weighted by Gasteiger charge is 2.24. The summed E-state index contributed by atoms with van der Waals surface area (Å²) < 4.78 is 10.4. The van der Waals surface area contributed by atoms with Gasteiger partial charge in [-0.25, -0.2) is 9.59 Å². The Kier molecular flexibility index (Phi) is 14.7. The molecule has 0 fully saturated rings. The standard InChI is InChI=1S/C13H21NO3.C11H17NO3.CH4/c1-6-8-9-14(10-11(15)7-2)12(16)17-13(3,4)5;1-11(2,3)15-10(14)12-7-5-4-6-9(13)8-12;/h6-7H,1-2,8-10H2,3-5H3;4,6H,5,7-8H2,1-3H3;1H4. The molecule has 0 saturated carbocycles. The number of hydrogen-bond acceptors (Lipinski definition) is 6. The number of hydrogen-bond donors (Lipinski definition) is 0. The van der Waals surface area contributed by atoms with Gasteiger partial charge in [-0.2, -0.15) is 0 Å². The number of carbonyl (C=O) groups excluding carboxylic acids is 4. The Morgan fingerprint density at radius 1 is 1.09 bits per heavy atom. The Hall–Kier alpha value is -2.90. The number of nitrogens with zero attached hydrogens (tertiary/aromatic N) is 2. The van der Waals surface area contributed by atoms with Crippen molar-refractivity contribution in [1.82, 2.24) is 9.80 Å². The summed E-state index contributed by atoms with van der Waals surface area (Å²) in [5, 5.41) is 0. The van der Waals surface area contributed by atoms with E-state index < -0.39 is 23.4 Å². The van der Waals surface area contributed by atoms with Crippen molar-refractivity contribution in [3.05, 3.63) is 37.5 Å². The molecule has 8 nitrogen and oxygen atoms in total. The van der Waals surface area contributed by atoms with Crippen LogP contribution in [-0.4, -0.2) is 70.9 Å². The molecule has 0 aromatic carbocycles. The summed E-state index contributed by atoms with van der Waals surface area (Å²) in [7, 11) is 0. The smallest absolute Gasteiger partial charge is 0.410 e. The zero-order valence-corrected chi connectivity index (χ0v) is 20.3. The van der Waals surface area contributed by atoms with Gasteiger partial charge in [0.25, 0.3) is 0 Å². The second-order valence-electron chi connectivity index (χ2n) is 9.21. The lowest BCUT2D eigenvalue weighted by atomic mass is 10.2. The third-order valence-electron chi connectivity index (χ3n) is 3.70. The summed E-state index contributed by atoms with van der Waals surface area (Å²) in [5.74, 6) is -0.265. The van der Waals surface area contributed by atoms with E-state index in [0.717, 1.165) is 0 Å². The van der Waals surface area contributed by atoms with Crippen molar-refractivity contribution >= 4 is 23.8 Å². The molecule has 33 heavy (non-hydrogen) atoms. The Morgan fingerprint density at radius 2 is 1.67 bits per heavy atom. The van der Waals surface area contributed by atoms with Crippen LogP contribution in [0.4, 0.5) is 9.59 Å². The highest BCUT2D eigenvalue weighted by molar-refractivity contribution is 5.93. The van der Waals surface area contributed by atoms with E-state index in [1.165, 1.54) is 22.0 Å². The molecule has 1 aliphatic heterocycles. The third kappa shape index (κ3) is 16.4. The molecule has 2 amide bonds. The lowest BCUT2D eigenvalue weighted by molar-refractivity contribution is -0.116. The van der Waals surface area contributed by atoms with Gasteiger partial charge in [0.2, 0.25) is 0 Å². The first-order valence-corrected chi connectivity index (χ1v) is 10.6. The van der Waals surface area contributed by atoms with Gasteiger partial charge in [-0.1, -0.05) is 26.2 Å². The predicted octanol–water partition coefficient (Wildman–Crippen LogP) is 4.94. The molecular weight excluding hydrogens is 424 g/mol. The van der Waals surface area contributed by atoms with E-state index >= 15 is 0 Å².